The summed E-state index contributed by atoms with van der Waals surface area (Å²) in [5.41, 5.74) is 0. The lowest BCUT2D eigenvalue weighted by Crippen LogP contribution is -2.09. The van der Waals surface area contributed by atoms with Crippen molar-refractivity contribution in [3.63, 3.8) is 0 Å². The monoisotopic (exact) mass is 352 g/mol. The third-order valence-corrected chi connectivity index (χ3v) is 4.23. The van der Waals surface area contributed by atoms with Gasteiger partial charge in [-0.3, -0.25) is 4.57 Å². The molecule has 0 saturated heterocycles. The first kappa shape index (κ1) is 19.9. The molecule has 23 heavy (non-hydrogen) atoms. The Balaban J connectivity index is 2.51. The standard InChI is InChI=1S/C15H23F2O5P/c1-3-11(2)10-22-13-7-6-12(14(16)15(13)17)21-8-4-5-9-23(18,19)20/h6-7,11H,3-5,8-10H2,1-2H3,(H2,18,19,20)/t11-/m1/s1. The van der Waals surface area contributed by atoms with Gasteiger partial charge in [0, 0.05) is 6.16 Å². The van der Waals surface area contributed by atoms with Crippen LogP contribution in [0.4, 0.5) is 8.78 Å². The molecule has 0 saturated carbocycles. The predicted octanol–water partition coefficient (Wildman–Crippen LogP) is 3.73. The molecule has 132 valence electrons. The topological polar surface area (TPSA) is 76.0 Å². The average Bonchev–Trinajstić information content (AvgIpc) is 2.48. The summed E-state index contributed by atoms with van der Waals surface area (Å²) in [6.07, 6.45) is 1.19. The van der Waals surface area contributed by atoms with Crippen molar-refractivity contribution < 1.29 is 32.6 Å². The smallest absolute Gasteiger partial charge is 0.325 e. The molecule has 1 atom stereocenters. The van der Waals surface area contributed by atoms with Gasteiger partial charge in [0.15, 0.2) is 11.5 Å². The molecule has 8 heteroatoms. The maximum Gasteiger partial charge on any atom is 0.325 e. The van der Waals surface area contributed by atoms with Crippen LogP contribution in [0, 0.1) is 17.6 Å². The molecule has 0 bridgehead atoms. The summed E-state index contributed by atoms with van der Waals surface area (Å²) in [6, 6.07) is 2.60. The van der Waals surface area contributed by atoms with E-state index < -0.39 is 19.2 Å². The van der Waals surface area contributed by atoms with Gasteiger partial charge in [-0.1, -0.05) is 20.3 Å². The molecular weight excluding hydrogens is 329 g/mol. The number of rotatable bonds is 10. The van der Waals surface area contributed by atoms with Crippen molar-refractivity contribution in [2.75, 3.05) is 19.4 Å². The van der Waals surface area contributed by atoms with Crippen LogP contribution in [-0.4, -0.2) is 29.2 Å². The first-order valence-corrected chi connectivity index (χ1v) is 9.32. The zero-order valence-corrected chi connectivity index (χ0v) is 14.2. The van der Waals surface area contributed by atoms with Gasteiger partial charge >= 0.3 is 7.60 Å². The normalized spacial score (nSPS) is 13.0. The van der Waals surface area contributed by atoms with E-state index in [0.717, 1.165) is 6.42 Å². The lowest BCUT2D eigenvalue weighted by Gasteiger charge is -2.13. The Kier molecular flexibility index (Phi) is 7.95. The van der Waals surface area contributed by atoms with Crippen molar-refractivity contribution in [2.24, 2.45) is 5.92 Å². The summed E-state index contributed by atoms with van der Waals surface area (Å²) in [7, 11) is -4.03. The molecule has 0 amide bonds. The van der Waals surface area contributed by atoms with E-state index in [2.05, 4.69) is 0 Å². The fourth-order valence-electron chi connectivity index (χ4n) is 1.69. The van der Waals surface area contributed by atoms with Crippen molar-refractivity contribution in [2.45, 2.75) is 33.1 Å². The average molecular weight is 352 g/mol. The third kappa shape index (κ3) is 7.29. The maximum atomic E-state index is 13.9. The van der Waals surface area contributed by atoms with E-state index in [-0.39, 0.29) is 36.6 Å². The van der Waals surface area contributed by atoms with Crippen molar-refractivity contribution in [1.82, 2.24) is 0 Å². The molecule has 1 aromatic rings. The van der Waals surface area contributed by atoms with Crippen LogP contribution in [-0.2, 0) is 4.57 Å². The zero-order chi connectivity index (χ0) is 17.5. The van der Waals surface area contributed by atoms with E-state index in [9.17, 15) is 13.3 Å². The van der Waals surface area contributed by atoms with Crippen LogP contribution in [0.5, 0.6) is 11.5 Å². The predicted molar refractivity (Wildman–Crippen MR) is 82.9 cm³/mol. The van der Waals surface area contributed by atoms with E-state index in [4.69, 9.17) is 19.3 Å². The summed E-state index contributed by atoms with van der Waals surface area (Å²) in [4.78, 5) is 17.4. The van der Waals surface area contributed by atoms with Gasteiger partial charge in [0.05, 0.1) is 13.2 Å². The fraction of sp³-hybridized carbons (Fsp3) is 0.600. The van der Waals surface area contributed by atoms with Gasteiger partial charge in [0.1, 0.15) is 0 Å². The molecule has 2 N–H and O–H groups in total. The van der Waals surface area contributed by atoms with Gasteiger partial charge in [-0.2, -0.15) is 8.78 Å². The number of halogens is 2. The van der Waals surface area contributed by atoms with Crippen LogP contribution in [0.25, 0.3) is 0 Å². The second-order valence-electron chi connectivity index (χ2n) is 5.46. The molecule has 0 unspecified atom stereocenters. The van der Waals surface area contributed by atoms with Crippen LogP contribution >= 0.6 is 7.60 Å². The van der Waals surface area contributed by atoms with E-state index >= 15 is 0 Å². The van der Waals surface area contributed by atoms with Crippen LogP contribution in [0.2, 0.25) is 0 Å². The minimum absolute atomic E-state index is 0.0451. The minimum Gasteiger partial charge on any atom is -0.490 e. The quantitative estimate of drug-likeness (QED) is 0.496. The Bertz CT molecular complexity index is 547. The molecular formula is C15H23F2O5P. The number of ether oxygens (including phenoxy) is 2. The third-order valence-electron chi connectivity index (χ3n) is 3.33. The van der Waals surface area contributed by atoms with Crippen molar-refractivity contribution in [3.05, 3.63) is 23.8 Å². The molecule has 0 spiro atoms. The lowest BCUT2D eigenvalue weighted by molar-refractivity contribution is 0.238. The summed E-state index contributed by atoms with van der Waals surface area (Å²) in [6.45, 7) is 4.27. The summed E-state index contributed by atoms with van der Waals surface area (Å²) < 4.78 is 48.7. The molecule has 0 heterocycles. The molecule has 0 aliphatic heterocycles. The Morgan fingerprint density at radius 1 is 1.13 bits per heavy atom. The lowest BCUT2D eigenvalue weighted by atomic mass is 10.1. The summed E-state index contributed by atoms with van der Waals surface area (Å²) in [5, 5.41) is 0. The number of hydrogen-bond acceptors (Lipinski definition) is 3. The zero-order valence-electron chi connectivity index (χ0n) is 13.3. The Morgan fingerprint density at radius 3 is 2.22 bits per heavy atom. The molecule has 0 aromatic heterocycles. The Labute approximate surface area is 134 Å². The van der Waals surface area contributed by atoms with Gasteiger partial charge in [-0.05, 0) is 30.9 Å². The second kappa shape index (κ2) is 9.21. The molecule has 5 nitrogen and oxygen atoms in total. The highest BCUT2D eigenvalue weighted by molar-refractivity contribution is 7.51. The maximum absolute atomic E-state index is 13.9. The Morgan fingerprint density at radius 2 is 1.70 bits per heavy atom. The number of unbranched alkanes of at least 4 members (excludes halogenated alkanes) is 1. The first-order chi connectivity index (χ1) is 10.7. The molecule has 0 fully saturated rings. The van der Waals surface area contributed by atoms with Gasteiger partial charge in [-0.25, -0.2) is 0 Å². The van der Waals surface area contributed by atoms with E-state index in [0.29, 0.717) is 13.0 Å². The van der Waals surface area contributed by atoms with Crippen molar-refractivity contribution in [1.29, 1.82) is 0 Å². The van der Waals surface area contributed by atoms with Crippen LogP contribution in [0.1, 0.15) is 33.1 Å². The highest BCUT2D eigenvalue weighted by atomic mass is 31.2. The first-order valence-electron chi connectivity index (χ1n) is 7.52. The van der Waals surface area contributed by atoms with Gasteiger partial charge in [0.2, 0.25) is 11.6 Å². The highest BCUT2D eigenvalue weighted by Gasteiger charge is 2.16. The van der Waals surface area contributed by atoms with Crippen molar-refractivity contribution in [3.8, 4) is 11.5 Å². The highest BCUT2D eigenvalue weighted by Crippen LogP contribution is 2.35. The summed E-state index contributed by atoms with van der Waals surface area (Å²) >= 11 is 0. The van der Waals surface area contributed by atoms with Crippen LogP contribution < -0.4 is 9.47 Å². The molecule has 0 aliphatic rings. The molecule has 0 aliphatic carbocycles. The fourth-order valence-corrected chi connectivity index (χ4v) is 2.32. The molecule has 1 aromatic carbocycles. The Hall–Kier alpha value is -1.17. The second-order valence-corrected chi connectivity index (χ2v) is 7.23. The SMILES string of the molecule is CC[C@@H](C)COc1ccc(OCCCCP(=O)(O)O)c(F)c1F. The van der Waals surface area contributed by atoms with E-state index in [1.807, 2.05) is 13.8 Å². The van der Waals surface area contributed by atoms with Crippen molar-refractivity contribution >= 4 is 7.60 Å². The number of hydrogen-bond donors (Lipinski definition) is 2. The molecule has 1 rings (SSSR count). The number of benzene rings is 1. The van der Waals surface area contributed by atoms with E-state index in [1.165, 1.54) is 12.1 Å². The molecule has 0 radical (unpaired) electrons. The van der Waals surface area contributed by atoms with E-state index in [1.54, 1.807) is 0 Å². The van der Waals surface area contributed by atoms with Crippen LogP contribution in [0.3, 0.4) is 0 Å². The van der Waals surface area contributed by atoms with Crippen LogP contribution in [0.15, 0.2) is 12.1 Å². The largest absolute Gasteiger partial charge is 0.490 e. The van der Waals surface area contributed by atoms with Gasteiger partial charge < -0.3 is 19.3 Å². The minimum atomic E-state index is -4.03. The van der Waals surface area contributed by atoms with Gasteiger partial charge in [0.25, 0.3) is 0 Å². The summed E-state index contributed by atoms with van der Waals surface area (Å²) in [5.74, 6) is -2.38. The van der Waals surface area contributed by atoms with Gasteiger partial charge in [-0.15, -0.1) is 0 Å².